The van der Waals surface area contributed by atoms with Crippen LogP contribution in [0.5, 0.6) is 0 Å². The molecule has 274 valence electrons. The summed E-state index contributed by atoms with van der Waals surface area (Å²) in [6, 6.07) is 27.7. The van der Waals surface area contributed by atoms with Crippen molar-refractivity contribution in [3.63, 3.8) is 0 Å². The second kappa shape index (κ2) is 12.8. The third kappa shape index (κ3) is 5.64. The lowest BCUT2D eigenvalue weighted by molar-refractivity contribution is -0.138. The first-order valence-electron chi connectivity index (χ1n) is 16.5. The summed E-state index contributed by atoms with van der Waals surface area (Å²) in [5.41, 5.74) is -10.3. The molecule has 0 bridgehead atoms. The minimum Gasteiger partial charge on any atom is -0.203 e. The van der Waals surface area contributed by atoms with Crippen LogP contribution >= 0.6 is 0 Å². The molecule has 0 aliphatic heterocycles. The van der Waals surface area contributed by atoms with Gasteiger partial charge >= 0.3 is 12.4 Å². The highest BCUT2D eigenvalue weighted by Crippen LogP contribution is 2.55. The predicted molar refractivity (Wildman–Crippen MR) is 190 cm³/mol. The Kier molecular flexibility index (Phi) is 8.28. The van der Waals surface area contributed by atoms with Crippen LogP contribution in [-0.4, -0.2) is 0 Å². The molecule has 0 unspecified atom stereocenters. The van der Waals surface area contributed by atoms with Crippen LogP contribution in [0.2, 0.25) is 0 Å². The van der Waals surface area contributed by atoms with E-state index in [-0.39, 0.29) is 22.3 Å². The molecule has 0 aromatic heterocycles. The van der Waals surface area contributed by atoms with Crippen LogP contribution in [0.25, 0.3) is 66.1 Å². The monoisotopic (exact) mass is 764 g/mol. The van der Waals surface area contributed by atoms with Gasteiger partial charge in [0, 0.05) is 5.57 Å². The van der Waals surface area contributed by atoms with Gasteiger partial charge in [-0.3, -0.25) is 0 Å². The van der Waals surface area contributed by atoms with Gasteiger partial charge in [0.15, 0.2) is 23.3 Å². The number of alkyl halides is 6. The summed E-state index contributed by atoms with van der Waals surface area (Å²) in [4.78, 5) is 0. The Balaban J connectivity index is 1.53. The lowest BCUT2D eigenvalue weighted by Gasteiger charge is -2.17. The van der Waals surface area contributed by atoms with Crippen molar-refractivity contribution in [2.45, 2.75) is 12.4 Å². The first-order valence-corrected chi connectivity index (χ1v) is 16.5. The van der Waals surface area contributed by atoms with E-state index in [0.29, 0.717) is 33.7 Å². The van der Waals surface area contributed by atoms with Gasteiger partial charge in [0.25, 0.3) is 0 Å². The summed E-state index contributed by atoms with van der Waals surface area (Å²) in [5.74, 6) is -8.63. The molecule has 0 spiro atoms. The second-order valence-electron chi connectivity index (χ2n) is 13.0. The second-order valence-corrected chi connectivity index (χ2v) is 13.0. The van der Waals surface area contributed by atoms with E-state index in [9.17, 15) is 36.9 Å². The van der Waals surface area contributed by atoms with Gasteiger partial charge in [0.1, 0.15) is 17.7 Å². The van der Waals surface area contributed by atoms with Crippen molar-refractivity contribution in [1.29, 1.82) is 10.5 Å². The van der Waals surface area contributed by atoms with Gasteiger partial charge in [-0.15, -0.1) is 0 Å². The molecular weight excluding hydrogens is 746 g/mol. The number of allylic oxidation sites excluding steroid dienone is 1. The Labute approximate surface area is 310 Å². The lowest BCUT2D eigenvalue weighted by atomic mass is 9.88. The molecule has 0 saturated heterocycles. The van der Waals surface area contributed by atoms with E-state index in [2.05, 4.69) is 0 Å². The number of hydrogen-bond acceptors (Lipinski definition) is 2. The van der Waals surface area contributed by atoms with Crippen molar-refractivity contribution >= 4 is 32.7 Å². The number of rotatable bonds is 3. The fraction of sp³-hybridized carbons (Fsp3) is 0.0455. The van der Waals surface area contributed by atoms with E-state index in [1.807, 2.05) is 0 Å². The maximum Gasteiger partial charge on any atom is 0.417 e. The number of benzene rings is 7. The van der Waals surface area contributed by atoms with E-state index in [0.717, 1.165) is 18.2 Å². The topological polar surface area (TPSA) is 47.6 Å². The van der Waals surface area contributed by atoms with Gasteiger partial charge in [0.05, 0.1) is 22.3 Å². The van der Waals surface area contributed by atoms with Crippen LogP contribution < -0.4 is 0 Å². The Hall–Kier alpha value is -6.92. The molecular formula is C44H18F10N2. The van der Waals surface area contributed by atoms with E-state index in [4.69, 9.17) is 0 Å². The van der Waals surface area contributed by atoms with Crippen molar-refractivity contribution < 1.29 is 43.9 Å². The van der Waals surface area contributed by atoms with Gasteiger partial charge in [-0.2, -0.15) is 36.9 Å². The van der Waals surface area contributed by atoms with Crippen molar-refractivity contribution in [1.82, 2.24) is 0 Å². The Morgan fingerprint density at radius 3 is 1.23 bits per heavy atom. The van der Waals surface area contributed by atoms with Crippen LogP contribution in [0.1, 0.15) is 33.4 Å². The average Bonchev–Trinajstić information content (AvgIpc) is 3.49. The molecule has 2 nitrogen and oxygen atoms in total. The molecule has 0 atom stereocenters. The summed E-state index contributed by atoms with van der Waals surface area (Å²) >= 11 is 0. The first-order chi connectivity index (χ1) is 26.6. The van der Waals surface area contributed by atoms with Gasteiger partial charge in [0.2, 0.25) is 0 Å². The summed E-state index contributed by atoms with van der Waals surface area (Å²) < 4.78 is 152. The highest BCUT2D eigenvalue weighted by molar-refractivity contribution is 6.15. The minimum atomic E-state index is -5.10. The van der Waals surface area contributed by atoms with Crippen LogP contribution in [-0.2, 0) is 12.4 Å². The van der Waals surface area contributed by atoms with Gasteiger partial charge in [-0.1, -0.05) is 72.8 Å². The molecule has 0 heterocycles. The maximum atomic E-state index is 15.7. The standard InChI is InChI=1S/C44H18F10N2/c45-39-34(20-56)40(46)42(48)38(41(39)47)33(19-55)37-31-15-27(25-11-9-21-5-1-3-7-23(21)13-25)35(43(49,50)51)17-29(31)30-18-36(44(52,53)54)28(16-32(30)37)26-12-10-22-6-2-4-8-24(22)14-26/h1-18H. The number of nitriles is 2. The Morgan fingerprint density at radius 1 is 0.446 bits per heavy atom. The zero-order valence-corrected chi connectivity index (χ0v) is 28.1. The largest absolute Gasteiger partial charge is 0.417 e. The van der Waals surface area contributed by atoms with Gasteiger partial charge in [-0.25, -0.2) is 17.6 Å². The van der Waals surface area contributed by atoms with Crippen molar-refractivity contribution in [2.24, 2.45) is 0 Å². The van der Waals surface area contributed by atoms with E-state index in [1.54, 1.807) is 60.7 Å². The Morgan fingerprint density at radius 2 is 0.857 bits per heavy atom. The zero-order chi connectivity index (χ0) is 39.8. The molecule has 7 aromatic rings. The highest BCUT2D eigenvalue weighted by atomic mass is 19.4. The minimum absolute atomic E-state index is 0.00621. The molecule has 1 aliphatic carbocycles. The molecule has 0 saturated carbocycles. The van der Waals surface area contributed by atoms with Crippen molar-refractivity contribution in [3.8, 4) is 45.5 Å². The third-order valence-electron chi connectivity index (χ3n) is 9.86. The molecule has 0 N–H and O–H groups in total. The quantitative estimate of drug-likeness (QED) is 0.102. The summed E-state index contributed by atoms with van der Waals surface area (Å²) in [6.07, 6.45) is -10.2. The first kappa shape index (κ1) is 36.1. The van der Waals surface area contributed by atoms with Crippen LogP contribution in [0.4, 0.5) is 43.9 Å². The van der Waals surface area contributed by atoms with Crippen molar-refractivity contribution in [3.05, 3.63) is 166 Å². The zero-order valence-electron chi connectivity index (χ0n) is 28.1. The van der Waals surface area contributed by atoms with Crippen LogP contribution in [0, 0.1) is 45.9 Å². The average molecular weight is 765 g/mol. The van der Waals surface area contributed by atoms with Gasteiger partial charge in [-0.05, 0) is 102 Å². The van der Waals surface area contributed by atoms with Crippen LogP contribution in [0.15, 0.2) is 109 Å². The van der Waals surface area contributed by atoms with E-state index >= 15 is 17.6 Å². The SMILES string of the molecule is N#CC(=C1c2cc(-c3ccc4ccccc4c3)c(C(F)(F)F)cc2-c2cc(C(F)(F)F)c(-c3ccc4ccccc4c3)cc21)c1c(F)c(F)c(C#N)c(F)c1F. The lowest BCUT2D eigenvalue weighted by Crippen LogP contribution is -2.09. The Bertz CT molecular complexity index is 2780. The number of fused-ring (bicyclic) bond motifs is 5. The van der Waals surface area contributed by atoms with Gasteiger partial charge < -0.3 is 0 Å². The van der Waals surface area contributed by atoms with E-state index in [1.165, 1.54) is 30.3 Å². The fourth-order valence-corrected chi connectivity index (χ4v) is 7.32. The van der Waals surface area contributed by atoms with E-state index < -0.39 is 91.3 Å². The summed E-state index contributed by atoms with van der Waals surface area (Å²) in [5, 5.41) is 22.1. The third-order valence-corrected chi connectivity index (χ3v) is 9.86. The van der Waals surface area contributed by atoms with Crippen molar-refractivity contribution in [2.75, 3.05) is 0 Å². The molecule has 56 heavy (non-hydrogen) atoms. The molecule has 12 heteroatoms. The molecule has 8 rings (SSSR count). The van der Waals surface area contributed by atoms with Crippen LogP contribution in [0.3, 0.4) is 0 Å². The highest BCUT2D eigenvalue weighted by Gasteiger charge is 2.41. The molecule has 1 aliphatic rings. The molecule has 0 fully saturated rings. The normalized spacial score (nSPS) is 12.4. The summed E-state index contributed by atoms with van der Waals surface area (Å²) in [7, 11) is 0. The molecule has 7 aromatic carbocycles. The number of nitrogens with zero attached hydrogens (tertiary/aromatic N) is 2. The number of halogens is 10. The summed E-state index contributed by atoms with van der Waals surface area (Å²) in [6.45, 7) is 0. The fourth-order valence-electron chi connectivity index (χ4n) is 7.32. The predicted octanol–water partition coefficient (Wildman–Crippen LogP) is 13.3. The molecule has 0 radical (unpaired) electrons. The maximum absolute atomic E-state index is 15.7. The number of hydrogen-bond donors (Lipinski definition) is 0. The smallest absolute Gasteiger partial charge is 0.203 e. The molecule has 0 amide bonds.